The van der Waals surface area contributed by atoms with Crippen molar-refractivity contribution in [2.75, 3.05) is 0 Å². The van der Waals surface area contributed by atoms with Gasteiger partial charge < -0.3 is 0 Å². The molecule has 23 heavy (non-hydrogen) atoms. The highest BCUT2D eigenvalue weighted by Gasteiger charge is 2.53. The SMILES string of the molecule is c1ccc(CSc2n[nH]c(C34CC5CC(CC(C5)C3)C4)n2)cc1. The van der Waals surface area contributed by atoms with Crippen molar-refractivity contribution in [1.82, 2.24) is 15.2 Å². The van der Waals surface area contributed by atoms with Crippen LogP contribution in [0.15, 0.2) is 35.5 Å². The first-order chi connectivity index (χ1) is 11.3. The largest absolute Gasteiger partial charge is 0.262 e. The van der Waals surface area contributed by atoms with E-state index in [0.717, 1.165) is 28.7 Å². The van der Waals surface area contributed by atoms with Gasteiger partial charge in [-0.05, 0) is 61.8 Å². The van der Waals surface area contributed by atoms with Gasteiger partial charge in [0.1, 0.15) is 5.82 Å². The molecule has 0 amide bonds. The van der Waals surface area contributed by atoms with Gasteiger partial charge in [0.05, 0.1) is 0 Å². The van der Waals surface area contributed by atoms with E-state index in [9.17, 15) is 0 Å². The fourth-order valence-electron chi connectivity index (χ4n) is 5.67. The van der Waals surface area contributed by atoms with Gasteiger partial charge in [0.15, 0.2) is 0 Å². The minimum atomic E-state index is 0.327. The molecular formula is C19H23N3S. The molecule has 0 spiro atoms. The molecule has 2 aromatic rings. The molecule has 4 bridgehead atoms. The predicted octanol–water partition coefficient (Wildman–Crippen LogP) is 4.56. The zero-order valence-electron chi connectivity index (χ0n) is 13.4. The maximum atomic E-state index is 4.91. The second-order valence-electron chi connectivity index (χ2n) is 7.94. The summed E-state index contributed by atoms with van der Waals surface area (Å²) in [7, 11) is 0. The van der Waals surface area contributed by atoms with Crippen LogP contribution in [0.1, 0.15) is 49.9 Å². The van der Waals surface area contributed by atoms with Crippen LogP contribution in [0.4, 0.5) is 0 Å². The van der Waals surface area contributed by atoms with Gasteiger partial charge in [-0.3, -0.25) is 5.10 Å². The van der Waals surface area contributed by atoms with Crippen molar-refractivity contribution in [2.45, 2.75) is 54.8 Å². The Morgan fingerprint density at radius 3 is 2.30 bits per heavy atom. The molecule has 0 radical (unpaired) electrons. The number of hydrogen-bond acceptors (Lipinski definition) is 3. The summed E-state index contributed by atoms with van der Waals surface area (Å²) in [6, 6.07) is 10.6. The highest BCUT2D eigenvalue weighted by Crippen LogP contribution is 2.60. The van der Waals surface area contributed by atoms with E-state index < -0.39 is 0 Å². The first-order valence-electron chi connectivity index (χ1n) is 8.89. The van der Waals surface area contributed by atoms with Gasteiger partial charge in [-0.1, -0.05) is 42.1 Å². The summed E-state index contributed by atoms with van der Waals surface area (Å²) in [5.74, 6) is 4.98. The normalized spacial score (nSPS) is 34.9. The molecule has 0 unspecified atom stereocenters. The van der Waals surface area contributed by atoms with E-state index in [-0.39, 0.29) is 0 Å². The van der Waals surface area contributed by atoms with Crippen molar-refractivity contribution < 1.29 is 0 Å². The van der Waals surface area contributed by atoms with E-state index in [1.165, 1.54) is 49.9 Å². The van der Waals surface area contributed by atoms with Gasteiger partial charge in [-0.2, -0.15) is 0 Å². The Kier molecular flexibility index (Phi) is 3.29. The van der Waals surface area contributed by atoms with E-state index in [1.54, 1.807) is 11.8 Å². The number of hydrogen-bond donors (Lipinski definition) is 1. The molecule has 4 fully saturated rings. The maximum Gasteiger partial charge on any atom is 0.208 e. The molecule has 1 aromatic carbocycles. The van der Waals surface area contributed by atoms with Crippen molar-refractivity contribution in [3.05, 3.63) is 41.7 Å². The van der Waals surface area contributed by atoms with Crippen LogP contribution in [-0.2, 0) is 11.2 Å². The summed E-state index contributed by atoms with van der Waals surface area (Å²) in [6.45, 7) is 0. The van der Waals surface area contributed by atoms with Crippen molar-refractivity contribution in [1.29, 1.82) is 0 Å². The van der Waals surface area contributed by atoms with Gasteiger partial charge >= 0.3 is 0 Å². The third kappa shape index (κ3) is 2.51. The molecule has 0 aliphatic heterocycles. The first-order valence-corrected chi connectivity index (χ1v) is 9.87. The Balaban J connectivity index is 1.33. The molecule has 1 N–H and O–H groups in total. The minimum absolute atomic E-state index is 0.327. The summed E-state index contributed by atoms with van der Waals surface area (Å²) in [5.41, 5.74) is 1.66. The molecule has 1 aromatic heterocycles. The van der Waals surface area contributed by atoms with Gasteiger partial charge in [0, 0.05) is 11.2 Å². The van der Waals surface area contributed by atoms with Crippen molar-refractivity contribution in [3.8, 4) is 0 Å². The lowest BCUT2D eigenvalue weighted by Crippen LogP contribution is -2.49. The number of aromatic amines is 1. The molecule has 6 rings (SSSR count). The van der Waals surface area contributed by atoms with E-state index in [0.29, 0.717) is 5.41 Å². The monoisotopic (exact) mass is 325 g/mol. The standard InChI is InChI=1S/C19H23N3S/c1-2-4-13(5-3-1)12-23-18-20-17(21-22-18)19-9-14-6-15(10-19)8-16(7-14)11-19/h1-5,14-16H,6-12H2,(H,20,21,22). The van der Waals surface area contributed by atoms with Crippen LogP contribution in [0.2, 0.25) is 0 Å². The molecule has 4 heteroatoms. The minimum Gasteiger partial charge on any atom is -0.262 e. The number of nitrogens with one attached hydrogen (secondary N) is 1. The lowest BCUT2D eigenvalue weighted by atomic mass is 9.49. The van der Waals surface area contributed by atoms with E-state index in [2.05, 4.69) is 40.5 Å². The summed E-state index contributed by atoms with van der Waals surface area (Å²) < 4.78 is 0. The maximum absolute atomic E-state index is 4.91. The highest BCUT2D eigenvalue weighted by molar-refractivity contribution is 7.98. The summed E-state index contributed by atoms with van der Waals surface area (Å²) in [6.07, 6.45) is 8.46. The number of rotatable bonds is 4. The topological polar surface area (TPSA) is 41.6 Å². The van der Waals surface area contributed by atoms with E-state index in [1.807, 2.05) is 0 Å². The molecule has 120 valence electrons. The molecule has 0 saturated heterocycles. The molecular weight excluding hydrogens is 302 g/mol. The lowest BCUT2D eigenvalue weighted by Gasteiger charge is -2.55. The molecule has 4 aliphatic carbocycles. The summed E-state index contributed by atoms with van der Waals surface area (Å²) >= 11 is 1.74. The average Bonchev–Trinajstić information content (AvgIpc) is 3.02. The average molecular weight is 325 g/mol. The Morgan fingerprint density at radius 1 is 1.00 bits per heavy atom. The smallest absolute Gasteiger partial charge is 0.208 e. The Bertz CT molecular complexity index is 658. The Morgan fingerprint density at radius 2 is 1.65 bits per heavy atom. The predicted molar refractivity (Wildman–Crippen MR) is 92.2 cm³/mol. The molecule has 3 nitrogen and oxygen atoms in total. The zero-order valence-corrected chi connectivity index (χ0v) is 14.2. The second kappa shape index (κ2) is 5.37. The Labute approximate surface area is 141 Å². The number of thioether (sulfide) groups is 1. The first kappa shape index (κ1) is 14.1. The van der Waals surface area contributed by atoms with Crippen molar-refractivity contribution in [3.63, 3.8) is 0 Å². The Hall–Kier alpha value is -1.29. The van der Waals surface area contributed by atoms with Crippen LogP contribution < -0.4 is 0 Å². The molecule has 4 saturated carbocycles. The number of nitrogens with zero attached hydrogens (tertiary/aromatic N) is 2. The van der Waals surface area contributed by atoms with Gasteiger partial charge in [-0.25, -0.2) is 4.98 Å². The van der Waals surface area contributed by atoms with Crippen LogP contribution in [0, 0.1) is 17.8 Å². The summed E-state index contributed by atoms with van der Waals surface area (Å²) in [4.78, 5) is 4.91. The fourth-order valence-corrected chi connectivity index (χ4v) is 6.43. The van der Waals surface area contributed by atoms with Crippen LogP contribution in [0.5, 0.6) is 0 Å². The van der Waals surface area contributed by atoms with Crippen molar-refractivity contribution >= 4 is 11.8 Å². The third-order valence-corrected chi connectivity index (χ3v) is 7.13. The number of aromatic nitrogens is 3. The fraction of sp³-hybridized carbons (Fsp3) is 0.579. The number of benzene rings is 1. The van der Waals surface area contributed by atoms with Gasteiger partial charge in [0.2, 0.25) is 5.16 Å². The van der Waals surface area contributed by atoms with Crippen LogP contribution in [0.3, 0.4) is 0 Å². The van der Waals surface area contributed by atoms with Gasteiger partial charge in [-0.15, -0.1) is 5.10 Å². The van der Waals surface area contributed by atoms with Crippen LogP contribution in [0.25, 0.3) is 0 Å². The molecule has 0 atom stereocenters. The third-order valence-electron chi connectivity index (χ3n) is 6.22. The van der Waals surface area contributed by atoms with Crippen molar-refractivity contribution in [2.24, 2.45) is 17.8 Å². The number of H-pyrrole nitrogens is 1. The summed E-state index contributed by atoms with van der Waals surface area (Å²) in [5, 5.41) is 8.75. The zero-order chi connectivity index (χ0) is 15.3. The van der Waals surface area contributed by atoms with E-state index in [4.69, 9.17) is 4.98 Å². The highest BCUT2D eigenvalue weighted by atomic mass is 32.2. The van der Waals surface area contributed by atoms with Crippen LogP contribution >= 0.6 is 11.8 Å². The second-order valence-corrected chi connectivity index (χ2v) is 8.88. The molecule has 1 heterocycles. The molecule has 4 aliphatic rings. The lowest BCUT2D eigenvalue weighted by molar-refractivity contribution is -0.00931. The van der Waals surface area contributed by atoms with E-state index >= 15 is 0 Å². The quantitative estimate of drug-likeness (QED) is 0.838. The van der Waals surface area contributed by atoms with Gasteiger partial charge in [0.25, 0.3) is 0 Å². The van der Waals surface area contributed by atoms with Crippen LogP contribution in [-0.4, -0.2) is 15.2 Å².